The smallest absolute Gasteiger partial charge is 0.165 e. The Bertz CT molecular complexity index is 356. The molecule has 0 aliphatic carbocycles. The molecule has 4 heteroatoms. The summed E-state index contributed by atoms with van der Waals surface area (Å²) in [7, 11) is 1.65. The predicted octanol–water partition coefficient (Wildman–Crippen LogP) is 2.60. The summed E-state index contributed by atoms with van der Waals surface area (Å²) >= 11 is 0. The molecule has 0 heterocycles. The standard InChI is InChI=1S/C14H22FNO2/c1-11(2)10-18-14-12(5-4-6-13(14)15)9-16-7-8-17-3/h4-6,11,16H,7-10H2,1-3H3. The van der Waals surface area contributed by atoms with Crippen LogP contribution < -0.4 is 10.1 Å². The highest BCUT2D eigenvalue weighted by Gasteiger charge is 2.10. The van der Waals surface area contributed by atoms with Crippen molar-refractivity contribution in [1.82, 2.24) is 5.32 Å². The normalized spacial score (nSPS) is 10.9. The van der Waals surface area contributed by atoms with E-state index >= 15 is 0 Å². The number of benzene rings is 1. The summed E-state index contributed by atoms with van der Waals surface area (Å²) in [6.45, 7) is 6.55. The topological polar surface area (TPSA) is 30.5 Å². The molecule has 0 spiro atoms. The Hall–Kier alpha value is -1.13. The summed E-state index contributed by atoms with van der Waals surface area (Å²) in [5.41, 5.74) is 0.840. The summed E-state index contributed by atoms with van der Waals surface area (Å²) in [5, 5.41) is 3.19. The van der Waals surface area contributed by atoms with Crippen LogP contribution in [0.25, 0.3) is 0 Å². The third-order valence-electron chi connectivity index (χ3n) is 2.41. The molecule has 0 aliphatic rings. The van der Waals surface area contributed by atoms with Gasteiger partial charge < -0.3 is 14.8 Å². The van der Waals surface area contributed by atoms with Crippen LogP contribution in [0.3, 0.4) is 0 Å². The van der Waals surface area contributed by atoms with Gasteiger partial charge in [-0.1, -0.05) is 26.0 Å². The number of rotatable bonds is 8. The molecule has 1 aromatic rings. The Morgan fingerprint density at radius 1 is 1.33 bits per heavy atom. The molecule has 0 saturated heterocycles. The third-order valence-corrected chi connectivity index (χ3v) is 2.41. The van der Waals surface area contributed by atoms with E-state index in [4.69, 9.17) is 9.47 Å². The zero-order valence-corrected chi connectivity index (χ0v) is 11.3. The van der Waals surface area contributed by atoms with E-state index in [1.165, 1.54) is 6.07 Å². The Labute approximate surface area is 108 Å². The van der Waals surface area contributed by atoms with Crippen LogP contribution in [-0.2, 0) is 11.3 Å². The summed E-state index contributed by atoms with van der Waals surface area (Å²) in [6, 6.07) is 5.00. The van der Waals surface area contributed by atoms with E-state index in [9.17, 15) is 4.39 Å². The van der Waals surface area contributed by atoms with Crippen LogP contribution in [0.5, 0.6) is 5.75 Å². The van der Waals surface area contributed by atoms with Crippen molar-refractivity contribution in [2.45, 2.75) is 20.4 Å². The summed E-state index contributed by atoms with van der Waals surface area (Å²) in [4.78, 5) is 0. The van der Waals surface area contributed by atoms with E-state index in [-0.39, 0.29) is 5.82 Å². The first-order chi connectivity index (χ1) is 8.65. The SMILES string of the molecule is COCCNCc1cccc(F)c1OCC(C)C. The van der Waals surface area contributed by atoms with Gasteiger partial charge in [-0.25, -0.2) is 4.39 Å². The second-order valence-corrected chi connectivity index (χ2v) is 4.60. The van der Waals surface area contributed by atoms with Gasteiger partial charge in [-0.3, -0.25) is 0 Å². The second kappa shape index (κ2) is 8.06. The molecular weight excluding hydrogens is 233 g/mol. The maximum Gasteiger partial charge on any atom is 0.165 e. The van der Waals surface area contributed by atoms with Crippen molar-refractivity contribution in [2.24, 2.45) is 5.92 Å². The number of halogens is 1. The van der Waals surface area contributed by atoms with Crippen molar-refractivity contribution in [3.05, 3.63) is 29.6 Å². The summed E-state index contributed by atoms with van der Waals surface area (Å²) in [5.74, 6) is 0.428. The fourth-order valence-electron chi connectivity index (χ4n) is 1.50. The van der Waals surface area contributed by atoms with Crippen molar-refractivity contribution in [3.8, 4) is 5.75 Å². The zero-order chi connectivity index (χ0) is 13.4. The first kappa shape index (κ1) is 14.9. The first-order valence-corrected chi connectivity index (χ1v) is 6.25. The van der Waals surface area contributed by atoms with Gasteiger partial charge in [0.2, 0.25) is 0 Å². The van der Waals surface area contributed by atoms with Crippen molar-refractivity contribution in [1.29, 1.82) is 0 Å². The molecule has 102 valence electrons. The van der Waals surface area contributed by atoms with Gasteiger partial charge in [0.1, 0.15) is 0 Å². The van der Waals surface area contributed by atoms with Gasteiger partial charge in [0.25, 0.3) is 0 Å². The molecule has 1 aromatic carbocycles. The van der Waals surface area contributed by atoms with Gasteiger partial charge in [0, 0.05) is 25.8 Å². The third kappa shape index (κ3) is 5.02. The van der Waals surface area contributed by atoms with E-state index in [0.717, 1.165) is 12.1 Å². The van der Waals surface area contributed by atoms with E-state index in [1.54, 1.807) is 13.2 Å². The van der Waals surface area contributed by atoms with E-state index in [2.05, 4.69) is 5.32 Å². The minimum Gasteiger partial charge on any atom is -0.490 e. The minimum absolute atomic E-state index is 0.304. The molecule has 0 amide bonds. The molecule has 0 saturated carbocycles. The van der Waals surface area contributed by atoms with Gasteiger partial charge in [0.15, 0.2) is 11.6 Å². The van der Waals surface area contributed by atoms with E-state index in [1.807, 2.05) is 19.9 Å². The molecule has 0 unspecified atom stereocenters. The minimum atomic E-state index is -0.304. The molecule has 0 radical (unpaired) electrons. The second-order valence-electron chi connectivity index (χ2n) is 4.60. The lowest BCUT2D eigenvalue weighted by Gasteiger charge is -2.14. The Kier molecular flexibility index (Phi) is 6.68. The number of nitrogens with one attached hydrogen (secondary N) is 1. The first-order valence-electron chi connectivity index (χ1n) is 6.25. The number of hydrogen-bond donors (Lipinski definition) is 1. The lowest BCUT2D eigenvalue weighted by molar-refractivity contribution is 0.198. The van der Waals surface area contributed by atoms with Gasteiger partial charge >= 0.3 is 0 Å². The predicted molar refractivity (Wildman–Crippen MR) is 70.3 cm³/mol. The number of methoxy groups -OCH3 is 1. The van der Waals surface area contributed by atoms with Crippen molar-refractivity contribution < 1.29 is 13.9 Å². The molecule has 1 N–H and O–H groups in total. The highest BCUT2D eigenvalue weighted by atomic mass is 19.1. The number of para-hydroxylation sites is 1. The number of hydrogen-bond acceptors (Lipinski definition) is 3. The molecule has 0 atom stereocenters. The summed E-state index contributed by atoms with van der Waals surface area (Å²) in [6.07, 6.45) is 0. The average Bonchev–Trinajstić information content (AvgIpc) is 2.33. The molecule has 3 nitrogen and oxygen atoms in total. The maximum absolute atomic E-state index is 13.7. The maximum atomic E-state index is 13.7. The fourth-order valence-corrected chi connectivity index (χ4v) is 1.50. The Morgan fingerprint density at radius 3 is 2.78 bits per heavy atom. The van der Waals surface area contributed by atoms with Crippen LogP contribution >= 0.6 is 0 Å². The monoisotopic (exact) mass is 255 g/mol. The van der Waals surface area contributed by atoms with Crippen LogP contribution in [0, 0.1) is 11.7 Å². The highest BCUT2D eigenvalue weighted by molar-refractivity contribution is 5.34. The lowest BCUT2D eigenvalue weighted by atomic mass is 10.2. The fraction of sp³-hybridized carbons (Fsp3) is 0.571. The van der Waals surface area contributed by atoms with Gasteiger partial charge in [-0.2, -0.15) is 0 Å². The molecule has 0 aromatic heterocycles. The largest absolute Gasteiger partial charge is 0.490 e. The van der Waals surface area contributed by atoms with Gasteiger partial charge in [-0.05, 0) is 12.0 Å². The van der Waals surface area contributed by atoms with Crippen molar-refractivity contribution in [3.63, 3.8) is 0 Å². The van der Waals surface area contributed by atoms with Crippen LogP contribution in [0.4, 0.5) is 4.39 Å². The molecule has 18 heavy (non-hydrogen) atoms. The van der Waals surface area contributed by atoms with E-state index < -0.39 is 0 Å². The number of ether oxygens (including phenoxy) is 2. The molecule has 0 bridgehead atoms. The van der Waals surface area contributed by atoms with Gasteiger partial charge in [0.05, 0.1) is 13.2 Å². The van der Waals surface area contributed by atoms with Crippen LogP contribution in [0.1, 0.15) is 19.4 Å². The van der Waals surface area contributed by atoms with Gasteiger partial charge in [-0.15, -0.1) is 0 Å². The average molecular weight is 255 g/mol. The van der Waals surface area contributed by atoms with Crippen molar-refractivity contribution >= 4 is 0 Å². The summed E-state index contributed by atoms with van der Waals surface area (Å²) < 4.78 is 24.2. The molecule has 0 aliphatic heterocycles. The molecule has 0 fully saturated rings. The van der Waals surface area contributed by atoms with Crippen LogP contribution in [0.15, 0.2) is 18.2 Å². The molecular formula is C14H22FNO2. The quantitative estimate of drug-likeness (QED) is 0.724. The van der Waals surface area contributed by atoms with Crippen LogP contribution in [-0.4, -0.2) is 26.9 Å². The Balaban J connectivity index is 2.61. The Morgan fingerprint density at radius 2 is 2.11 bits per heavy atom. The van der Waals surface area contributed by atoms with Crippen molar-refractivity contribution in [2.75, 3.05) is 26.9 Å². The van der Waals surface area contributed by atoms with Crippen LogP contribution in [0.2, 0.25) is 0 Å². The zero-order valence-electron chi connectivity index (χ0n) is 11.3. The van der Waals surface area contributed by atoms with E-state index in [0.29, 0.717) is 31.4 Å². The lowest BCUT2D eigenvalue weighted by Crippen LogP contribution is -2.19. The highest BCUT2D eigenvalue weighted by Crippen LogP contribution is 2.23. The molecule has 1 rings (SSSR count).